The molecule has 1 amide bonds. The van der Waals surface area contributed by atoms with Gasteiger partial charge in [-0.25, -0.2) is 4.39 Å². The van der Waals surface area contributed by atoms with Crippen molar-refractivity contribution in [2.24, 2.45) is 0 Å². The zero-order valence-corrected chi connectivity index (χ0v) is 12.1. The highest BCUT2D eigenvalue weighted by atomic mass is 35.5. The highest BCUT2D eigenvalue weighted by molar-refractivity contribution is 6.58. The van der Waals surface area contributed by atoms with Gasteiger partial charge in [0.25, 0.3) is 11.6 Å². The highest BCUT2D eigenvalue weighted by Gasteiger charge is 2.18. The maximum absolute atomic E-state index is 13.4. The summed E-state index contributed by atoms with van der Waals surface area (Å²) in [4.78, 5) is 22.2. The highest BCUT2D eigenvalue weighted by Crippen LogP contribution is 2.27. The molecule has 118 valence electrons. The van der Waals surface area contributed by atoms with Crippen molar-refractivity contribution in [1.82, 2.24) is 0 Å². The van der Waals surface area contributed by atoms with Gasteiger partial charge in [0.2, 0.25) is 0 Å². The van der Waals surface area contributed by atoms with Crippen LogP contribution in [0.1, 0.15) is 10.4 Å². The number of anilines is 1. The van der Waals surface area contributed by atoms with E-state index < -0.39 is 23.8 Å². The zero-order chi connectivity index (χ0) is 17.1. The Morgan fingerprint density at radius 1 is 1.26 bits per heavy atom. The quantitative estimate of drug-likeness (QED) is 0.442. The molecular formula is C13H9BClFN2O5. The molecule has 0 unspecified atom stereocenters. The van der Waals surface area contributed by atoms with Crippen LogP contribution in [0.2, 0.25) is 5.02 Å². The number of hydrogen-bond acceptors (Lipinski definition) is 5. The second-order valence-corrected chi connectivity index (χ2v) is 4.93. The number of rotatable bonds is 4. The Morgan fingerprint density at radius 2 is 1.96 bits per heavy atom. The topological polar surface area (TPSA) is 113 Å². The zero-order valence-electron chi connectivity index (χ0n) is 11.4. The van der Waals surface area contributed by atoms with Crippen LogP contribution < -0.4 is 10.8 Å². The first-order valence-electron chi connectivity index (χ1n) is 6.20. The Bertz CT molecular complexity index is 787. The fourth-order valence-corrected chi connectivity index (χ4v) is 1.97. The Kier molecular flexibility index (Phi) is 4.94. The van der Waals surface area contributed by atoms with Crippen LogP contribution in [-0.2, 0) is 0 Å². The Labute approximate surface area is 134 Å². The molecule has 3 N–H and O–H groups in total. The molecule has 0 heterocycles. The smallest absolute Gasteiger partial charge is 0.423 e. The number of halogens is 2. The molecule has 2 aromatic rings. The fourth-order valence-electron chi connectivity index (χ4n) is 1.81. The summed E-state index contributed by atoms with van der Waals surface area (Å²) in [6.07, 6.45) is 0. The molecule has 10 heteroatoms. The molecule has 23 heavy (non-hydrogen) atoms. The van der Waals surface area contributed by atoms with E-state index >= 15 is 0 Å². The molecule has 0 radical (unpaired) electrons. The van der Waals surface area contributed by atoms with E-state index in [2.05, 4.69) is 5.32 Å². The van der Waals surface area contributed by atoms with Crippen molar-refractivity contribution in [3.05, 3.63) is 62.9 Å². The summed E-state index contributed by atoms with van der Waals surface area (Å²) in [6, 6.07) is 6.29. The summed E-state index contributed by atoms with van der Waals surface area (Å²) in [5, 5.41) is 31.2. The van der Waals surface area contributed by atoms with Gasteiger partial charge in [-0.15, -0.1) is 0 Å². The van der Waals surface area contributed by atoms with E-state index in [1.165, 1.54) is 12.1 Å². The molecule has 0 aliphatic rings. The molecule has 0 aromatic heterocycles. The van der Waals surface area contributed by atoms with Crippen LogP contribution >= 0.6 is 11.6 Å². The van der Waals surface area contributed by atoms with Gasteiger partial charge in [-0.3, -0.25) is 14.9 Å². The number of nitro groups is 1. The first kappa shape index (κ1) is 16.9. The largest absolute Gasteiger partial charge is 0.488 e. The van der Waals surface area contributed by atoms with Crippen LogP contribution in [0, 0.1) is 15.9 Å². The predicted molar refractivity (Wildman–Crippen MR) is 82.3 cm³/mol. The third-order valence-electron chi connectivity index (χ3n) is 2.89. The number of nitrogens with zero attached hydrogens (tertiary/aromatic N) is 1. The molecule has 0 atom stereocenters. The van der Waals surface area contributed by atoms with Crippen LogP contribution in [0.25, 0.3) is 0 Å². The van der Waals surface area contributed by atoms with E-state index in [1.54, 1.807) is 0 Å². The fraction of sp³-hybridized carbons (Fsp3) is 0. The van der Waals surface area contributed by atoms with E-state index in [9.17, 15) is 19.3 Å². The molecule has 0 saturated heterocycles. The van der Waals surface area contributed by atoms with Crippen molar-refractivity contribution >= 4 is 41.5 Å². The number of nitrogens with one attached hydrogen (secondary N) is 1. The van der Waals surface area contributed by atoms with E-state index in [4.69, 9.17) is 21.6 Å². The molecule has 0 aliphatic carbocycles. The van der Waals surface area contributed by atoms with Gasteiger partial charge in [-0.2, -0.15) is 0 Å². The maximum atomic E-state index is 13.4. The van der Waals surface area contributed by atoms with Gasteiger partial charge in [0.15, 0.2) is 0 Å². The van der Waals surface area contributed by atoms with Crippen LogP contribution in [0.3, 0.4) is 0 Å². The second-order valence-electron chi connectivity index (χ2n) is 4.52. The maximum Gasteiger partial charge on any atom is 0.488 e. The minimum atomic E-state index is -1.95. The molecule has 0 saturated carbocycles. The van der Waals surface area contributed by atoms with Crippen molar-refractivity contribution in [2.45, 2.75) is 0 Å². The molecule has 0 fully saturated rings. The molecule has 0 bridgehead atoms. The lowest BCUT2D eigenvalue weighted by molar-refractivity contribution is -0.384. The monoisotopic (exact) mass is 338 g/mol. The van der Waals surface area contributed by atoms with Crippen molar-refractivity contribution < 1.29 is 24.2 Å². The van der Waals surface area contributed by atoms with Gasteiger partial charge in [0, 0.05) is 17.7 Å². The van der Waals surface area contributed by atoms with Crippen molar-refractivity contribution in [3.8, 4) is 0 Å². The minimum Gasteiger partial charge on any atom is -0.423 e. The molecular weight excluding hydrogens is 329 g/mol. The first-order chi connectivity index (χ1) is 10.8. The number of benzene rings is 2. The van der Waals surface area contributed by atoms with Gasteiger partial charge in [-0.1, -0.05) is 11.6 Å². The van der Waals surface area contributed by atoms with Crippen LogP contribution in [0.15, 0.2) is 36.4 Å². The minimum absolute atomic E-state index is 0.0266. The number of amides is 1. The van der Waals surface area contributed by atoms with Crippen LogP contribution in [0.5, 0.6) is 0 Å². The van der Waals surface area contributed by atoms with Gasteiger partial charge < -0.3 is 15.4 Å². The summed E-state index contributed by atoms with van der Waals surface area (Å²) in [5.41, 5.74) is -0.715. The van der Waals surface area contributed by atoms with Gasteiger partial charge in [-0.05, 0) is 29.7 Å². The van der Waals surface area contributed by atoms with Gasteiger partial charge in [0.05, 0.1) is 15.6 Å². The number of non-ortho nitro benzene ring substituents is 1. The first-order valence-corrected chi connectivity index (χ1v) is 6.57. The molecule has 0 aliphatic heterocycles. The van der Waals surface area contributed by atoms with E-state index in [1.807, 2.05) is 0 Å². The lowest BCUT2D eigenvalue weighted by Crippen LogP contribution is -2.31. The third kappa shape index (κ3) is 4.04. The predicted octanol–water partition coefficient (Wildman–Crippen LogP) is 1.32. The van der Waals surface area contributed by atoms with Crippen molar-refractivity contribution in [1.29, 1.82) is 0 Å². The molecule has 2 aromatic carbocycles. The van der Waals surface area contributed by atoms with E-state index in [0.717, 1.165) is 24.3 Å². The molecule has 0 spiro atoms. The average Bonchev–Trinajstić information content (AvgIpc) is 2.48. The van der Waals surface area contributed by atoms with Crippen molar-refractivity contribution in [3.63, 3.8) is 0 Å². The average molecular weight is 338 g/mol. The summed E-state index contributed by atoms with van der Waals surface area (Å²) >= 11 is 5.85. The Balaban J connectivity index is 2.32. The standard InChI is InChI=1S/C13H9BClFN2O5/c15-11-2-1-10(18(22)23)6-12(11)17-13(19)7-3-8(14(20)21)5-9(16)4-7/h1-6,20-21H,(H,17,19). The summed E-state index contributed by atoms with van der Waals surface area (Å²) in [7, 11) is -1.95. The lowest BCUT2D eigenvalue weighted by Gasteiger charge is -2.09. The third-order valence-corrected chi connectivity index (χ3v) is 3.22. The SMILES string of the molecule is O=C(Nc1cc([N+](=O)[O-])ccc1Cl)c1cc(F)cc(B(O)O)c1. The second kappa shape index (κ2) is 6.74. The number of carbonyl (C=O) groups is 1. The number of hydrogen-bond donors (Lipinski definition) is 3. The Hall–Kier alpha value is -2.49. The van der Waals surface area contributed by atoms with E-state index in [-0.39, 0.29) is 27.4 Å². The number of carbonyl (C=O) groups excluding carboxylic acids is 1. The number of nitro benzene ring substituents is 1. The Morgan fingerprint density at radius 3 is 2.57 bits per heavy atom. The van der Waals surface area contributed by atoms with Crippen LogP contribution in [-0.4, -0.2) is 28.0 Å². The molecule has 2 rings (SSSR count). The summed E-state index contributed by atoms with van der Waals surface area (Å²) in [5.74, 6) is -1.65. The normalized spacial score (nSPS) is 10.3. The van der Waals surface area contributed by atoms with Gasteiger partial charge >= 0.3 is 7.12 Å². The van der Waals surface area contributed by atoms with Crippen LogP contribution in [0.4, 0.5) is 15.8 Å². The lowest BCUT2D eigenvalue weighted by atomic mass is 9.79. The van der Waals surface area contributed by atoms with E-state index in [0.29, 0.717) is 0 Å². The summed E-state index contributed by atoms with van der Waals surface area (Å²) in [6.45, 7) is 0. The van der Waals surface area contributed by atoms with Crippen molar-refractivity contribution in [2.75, 3.05) is 5.32 Å². The summed E-state index contributed by atoms with van der Waals surface area (Å²) < 4.78 is 13.4. The molecule has 7 nitrogen and oxygen atoms in total. The van der Waals surface area contributed by atoms with Gasteiger partial charge in [0.1, 0.15) is 5.82 Å².